The number of aromatic nitrogens is 2. The summed E-state index contributed by atoms with van der Waals surface area (Å²) in [5.41, 5.74) is -1.50. The highest BCUT2D eigenvalue weighted by molar-refractivity contribution is 5.85. The van der Waals surface area contributed by atoms with Crippen LogP contribution in [0.5, 0.6) is 0 Å². The second-order valence-corrected chi connectivity index (χ2v) is 7.44. The summed E-state index contributed by atoms with van der Waals surface area (Å²) in [7, 11) is 0. The summed E-state index contributed by atoms with van der Waals surface area (Å²) in [6.07, 6.45) is -2.01. The first-order valence-electron chi connectivity index (χ1n) is 9.47. The molecule has 1 saturated heterocycles. The van der Waals surface area contributed by atoms with Gasteiger partial charge < -0.3 is 10.0 Å². The molecule has 3 rings (SSSR count). The van der Waals surface area contributed by atoms with Crippen LogP contribution in [0.2, 0.25) is 0 Å². The van der Waals surface area contributed by atoms with Crippen LogP contribution in [-0.2, 0) is 11.2 Å². The van der Waals surface area contributed by atoms with Crippen LogP contribution in [0.25, 0.3) is 5.69 Å². The van der Waals surface area contributed by atoms with Crippen molar-refractivity contribution in [3.8, 4) is 5.69 Å². The van der Waals surface area contributed by atoms with E-state index < -0.39 is 23.5 Å². The molecule has 0 unspecified atom stereocenters. The van der Waals surface area contributed by atoms with E-state index in [2.05, 4.69) is 5.10 Å². The van der Waals surface area contributed by atoms with Crippen molar-refractivity contribution in [3.63, 3.8) is 0 Å². The predicted molar refractivity (Wildman–Crippen MR) is 98.1 cm³/mol. The molecule has 9 heteroatoms. The minimum atomic E-state index is -5.04. The molecule has 0 aliphatic carbocycles. The number of nitrogens with zero attached hydrogens (tertiary/aromatic N) is 3. The average molecular weight is 413 g/mol. The summed E-state index contributed by atoms with van der Waals surface area (Å²) in [5.74, 6) is -1.84. The molecule has 1 fully saturated rings. The maximum atomic E-state index is 14.5. The fraction of sp³-hybridized carbons (Fsp3) is 0.500. The lowest BCUT2D eigenvalue weighted by Crippen LogP contribution is -2.57. The van der Waals surface area contributed by atoms with Crippen LogP contribution >= 0.6 is 0 Å². The Labute approximate surface area is 165 Å². The van der Waals surface area contributed by atoms with Crippen molar-refractivity contribution in [2.24, 2.45) is 0 Å². The van der Waals surface area contributed by atoms with E-state index >= 15 is 0 Å². The van der Waals surface area contributed by atoms with Crippen molar-refractivity contribution >= 4 is 5.91 Å². The molecular formula is C20H23F4N3O2. The molecule has 0 bridgehead atoms. The number of alkyl halides is 3. The summed E-state index contributed by atoms with van der Waals surface area (Å²) in [6, 6.07) is 6.69. The number of aryl methyl sites for hydroxylation is 1. The number of rotatable bonds is 4. The number of likely N-dealkylation sites (tertiary alicyclic amines) is 1. The topological polar surface area (TPSA) is 58.4 Å². The van der Waals surface area contributed by atoms with Gasteiger partial charge in [0, 0.05) is 30.9 Å². The third-order valence-electron chi connectivity index (χ3n) is 5.49. The maximum absolute atomic E-state index is 14.5. The van der Waals surface area contributed by atoms with E-state index in [0.29, 0.717) is 31.9 Å². The number of carbonyl (C=O) groups excluding carboxylic acids is 1. The number of hydrogen-bond donors (Lipinski definition) is 1. The molecule has 1 atom stereocenters. The van der Waals surface area contributed by atoms with E-state index in [1.807, 2.05) is 13.0 Å². The fourth-order valence-corrected chi connectivity index (χ4v) is 3.57. The highest BCUT2D eigenvalue weighted by atomic mass is 19.4. The van der Waals surface area contributed by atoms with Gasteiger partial charge in [-0.3, -0.25) is 4.79 Å². The number of piperidine rings is 1. The summed E-state index contributed by atoms with van der Waals surface area (Å²) in [4.78, 5) is 13.2. The van der Waals surface area contributed by atoms with E-state index in [9.17, 15) is 27.5 Å². The number of aliphatic hydroxyl groups is 1. The van der Waals surface area contributed by atoms with Gasteiger partial charge in [0.05, 0.1) is 0 Å². The highest BCUT2D eigenvalue weighted by Crippen LogP contribution is 2.35. The van der Waals surface area contributed by atoms with E-state index in [-0.39, 0.29) is 19.0 Å². The van der Waals surface area contributed by atoms with Crippen molar-refractivity contribution in [3.05, 3.63) is 47.5 Å². The average Bonchev–Trinajstić information content (AvgIpc) is 3.16. The van der Waals surface area contributed by atoms with Crippen LogP contribution < -0.4 is 0 Å². The summed E-state index contributed by atoms with van der Waals surface area (Å²) in [6.45, 7) is 2.54. The fourth-order valence-electron chi connectivity index (χ4n) is 3.57. The highest BCUT2D eigenvalue weighted by Gasteiger charge is 2.57. The molecule has 1 aromatic carbocycles. The lowest BCUT2D eigenvalue weighted by atomic mass is 9.92. The van der Waals surface area contributed by atoms with Gasteiger partial charge in [0.15, 0.2) is 0 Å². The first kappa shape index (κ1) is 21.3. The zero-order chi connectivity index (χ0) is 21.4. The van der Waals surface area contributed by atoms with Gasteiger partial charge in [-0.2, -0.15) is 18.3 Å². The van der Waals surface area contributed by atoms with Gasteiger partial charge in [-0.1, -0.05) is 13.0 Å². The van der Waals surface area contributed by atoms with Gasteiger partial charge in [-0.05, 0) is 49.9 Å². The van der Waals surface area contributed by atoms with Gasteiger partial charge in [-0.15, -0.1) is 0 Å². The molecule has 0 radical (unpaired) electrons. The number of amides is 1. The Hall–Kier alpha value is -2.42. The summed E-state index contributed by atoms with van der Waals surface area (Å²) in [5, 5.41) is 13.8. The second-order valence-electron chi connectivity index (χ2n) is 7.44. The Bertz CT molecular complexity index is 884. The van der Waals surface area contributed by atoms with E-state index in [1.54, 1.807) is 18.3 Å². The molecule has 1 N–H and O–H groups in total. The lowest BCUT2D eigenvalue weighted by Gasteiger charge is -2.36. The largest absolute Gasteiger partial charge is 0.426 e. The summed E-state index contributed by atoms with van der Waals surface area (Å²) < 4.78 is 54.8. The second kappa shape index (κ2) is 7.78. The smallest absolute Gasteiger partial charge is 0.373 e. The van der Waals surface area contributed by atoms with Gasteiger partial charge in [-0.25, -0.2) is 9.07 Å². The molecule has 1 aliphatic rings. The quantitative estimate of drug-likeness (QED) is 0.780. The van der Waals surface area contributed by atoms with E-state index in [1.165, 1.54) is 10.7 Å². The van der Waals surface area contributed by atoms with Gasteiger partial charge in [0.25, 0.3) is 5.91 Å². The molecule has 1 amide bonds. The summed E-state index contributed by atoms with van der Waals surface area (Å²) >= 11 is 0. The van der Waals surface area contributed by atoms with Crippen LogP contribution in [0.4, 0.5) is 17.6 Å². The number of carbonyl (C=O) groups is 1. The molecule has 0 spiro atoms. The van der Waals surface area contributed by atoms with Crippen molar-refractivity contribution < 1.29 is 27.5 Å². The Balaban J connectivity index is 1.75. The van der Waals surface area contributed by atoms with Crippen LogP contribution in [0.3, 0.4) is 0 Å². The number of halogens is 4. The minimum absolute atomic E-state index is 0.0676. The van der Waals surface area contributed by atoms with Gasteiger partial charge in [0.2, 0.25) is 5.60 Å². The molecule has 1 aliphatic heterocycles. The molecule has 2 heterocycles. The maximum Gasteiger partial charge on any atom is 0.426 e. The Morgan fingerprint density at radius 3 is 2.45 bits per heavy atom. The van der Waals surface area contributed by atoms with Crippen LogP contribution in [0.1, 0.15) is 43.9 Å². The first-order valence-corrected chi connectivity index (χ1v) is 9.47. The van der Waals surface area contributed by atoms with Crippen molar-refractivity contribution in [1.29, 1.82) is 0 Å². The van der Waals surface area contributed by atoms with Gasteiger partial charge >= 0.3 is 6.18 Å². The predicted octanol–water partition coefficient (Wildman–Crippen LogP) is 3.59. The zero-order valence-corrected chi connectivity index (χ0v) is 16.2. The third-order valence-corrected chi connectivity index (χ3v) is 5.49. The Morgan fingerprint density at radius 2 is 1.90 bits per heavy atom. The van der Waals surface area contributed by atoms with Crippen LogP contribution in [0.15, 0.2) is 30.5 Å². The van der Waals surface area contributed by atoms with Crippen molar-refractivity contribution in [2.45, 2.75) is 50.8 Å². The molecule has 29 heavy (non-hydrogen) atoms. The molecule has 1 aromatic heterocycles. The molecule has 0 saturated carbocycles. The number of benzene rings is 1. The third kappa shape index (κ3) is 4.01. The first-order chi connectivity index (χ1) is 13.6. The van der Waals surface area contributed by atoms with Crippen LogP contribution in [0, 0.1) is 5.82 Å². The zero-order valence-electron chi connectivity index (χ0n) is 16.2. The molecule has 5 nitrogen and oxygen atoms in total. The standard InChI is InChI=1S/C20H23F4N3O2/c1-3-13-4-5-17(15(21)12-13)27-16(6-9-25-27)14-7-10-26(11-8-14)18(28)19(2,29)20(22,23)24/h4-6,9,12,14,29H,3,7-8,10-11H2,1-2H3/t19-/m1/s1. The Kier molecular flexibility index (Phi) is 5.71. The van der Waals surface area contributed by atoms with Crippen molar-refractivity contribution in [2.75, 3.05) is 13.1 Å². The molecular weight excluding hydrogens is 390 g/mol. The van der Waals surface area contributed by atoms with E-state index in [0.717, 1.165) is 16.2 Å². The molecule has 158 valence electrons. The SMILES string of the molecule is CCc1ccc(-n2nccc2C2CCN(C(=O)[C@@](C)(O)C(F)(F)F)CC2)c(F)c1. The normalized spacial score (nSPS) is 18.0. The monoisotopic (exact) mass is 413 g/mol. The van der Waals surface area contributed by atoms with Crippen molar-refractivity contribution in [1.82, 2.24) is 14.7 Å². The van der Waals surface area contributed by atoms with Gasteiger partial charge in [0.1, 0.15) is 11.5 Å². The molecule has 2 aromatic rings. The number of hydrogen-bond acceptors (Lipinski definition) is 3. The van der Waals surface area contributed by atoms with Crippen LogP contribution in [-0.4, -0.2) is 50.6 Å². The minimum Gasteiger partial charge on any atom is -0.373 e. The lowest BCUT2D eigenvalue weighted by molar-refractivity contribution is -0.250. The Morgan fingerprint density at radius 1 is 1.24 bits per heavy atom. The van der Waals surface area contributed by atoms with E-state index in [4.69, 9.17) is 0 Å².